The average Bonchev–Trinajstić information content (AvgIpc) is 2.00. The zero-order valence-electron chi connectivity index (χ0n) is 8.94. The van der Waals surface area contributed by atoms with Crippen LogP contribution in [0, 0.1) is 0 Å². The van der Waals surface area contributed by atoms with Crippen molar-refractivity contribution in [1.29, 1.82) is 0 Å². The third-order valence-corrected chi connectivity index (χ3v) is 2.16. The van der Waals surface area contributed by atoms with Crippen molar-refractivity contribution in [3.8, 4) is 0 Å². The van der Waals surface area contributed by atoms with Gasteiger partial charge in [0, 0.05) is 5.69 Å². The molecule has 1 aromatic rings. The van der Waals surface area contributed by atoms with Gasteiger partial charge in [0.25, 0.3) is 0 Å². The molecule has 84 valence electrons. The summed E-state index contributed by atoms with van der Waals surface area (Å²) in [7, 11) is 0. The Morgan fingerprint density at radius 2 is 1.53 bits per heavy atom. The number of halogens is 3. The molecule has 0 radical (unpaired) electrons. The fourth-order valence-electron chi connectivity index (χ4n) is 1.43. The van der Waals surface area contributed by atoms with Gasteiger partial charge < -0.3 is 5.73 Å². The van der Waals surface area contributed by atoms with Crippen LogP contribution in [0.2, 0.25) is 0 Å². The van der Waals surface area contributed by atoms with E-state index in [2.05, 4.69) is 0 Å². The van der Waals surface area contributed by atoms with Gasteiger partial charge in [0.15, 0.2) is 0 Å². The van der Waals surface area contributed by atoms with E-state index in [1.54, 1.807) is 20.8 Å². The molecule has 0 heterocycles. The second-order valence-corrected chi connectivity index (χ2v) is 4.55. The zero-order chi connectivity index (χ0) is 11.9. The summed E-state index contributed by atoms with van der Waals surface area (Å²) in [6.07, 6.45) is -4.32. The highest BCUT2D eigenvalue weighted by Gasteiger charge is 2.36. The van der Waals surface area contributed by atoms with Crippen molar-refractivity contribution < 1.29 is 13.2 Å². The topological polar surface area (TPSA) is 26.0 Å². The van der Waals surface area contributed by atoms with Crippen molar-refractivity contribution in [2.75, 3.05) is 5.73 Å². The lowest BCUT2D eigenvalue weighted by molar-refractivity contribution is -0.138. The van der Waals surface area contributed by atoms with Gasteiger partial charge in [-0.1, -0.05) is 20.8 Å². The molecule has 0 bridgehead atoms. The number of alkyl halides is 3. The van der Waals surface area contributed by atoms with Gasteiger partial charge in [-0.15, -0.1) is 0 Å². The van der Waals surface area contributed by atoms with E-state index < -0.39 is 17.2 Å². The Kier molecular flexibility index (Phi) is 2.72. The molecule has 0 aliphatic rings. The lowest BCUT2D eigenvalue weighted by Crippen LogP contribution is -2.19. The molecular weight excluding hydrogens is 203 g/mol. The molecule has 0 amide bonds. The van der Waals surface area contributed by atoms with E-state index in [4.69, 9.17) is 5.73 Å². The van der Waals surface area contributed by atoms with Crippen molar-refractivity contribution >= 4 is 5.69 Å². The molecule has 0 aromatic heterocycles. The first kappa shape index (κ1) is 11.9. The van der Waals surface area contributed by atoms with Crippen LogP contribution in [0.1, 0.15) is 31.9 Å². The molecule has 4 heteroatoms. The molecule has 15 heavy (non-hydrogen) atoms. The van der Waals surface area contributed by atoms with Gasteiger partial charge in [0.1, 0.15) is 0 Å². The van der Waals surface area contributed by atoms with Gasteiger partial charge >= 0.3 is 6.18 Å². The maximum absolute atomic E-state index is 12.7. The number of rotatable bonds is 0. The van der Waals surface area contributed by atoms with Crippen LogP contribution >= 0.6 is 0 Å². The highest BCUT2D eigenvalue weighted by Crippen LogP contribution is 2.38. The van der Waals surface area contributed by atoms with Crippen LogP contribution in [0.3, 0.4) is 0 Å². The van der Waals surface area contributed by atoms with Gasteiger partial charge in [-0.2, -0.15) is 13.2 Å². The van der Waals surface area contributed by atoms with Crippen LogP contribution in [-0.4, -0.2) is 0 Å². The van der Waals surface area contributed by atoms with E-state index in [0.29, 0.717) is 5.69 Å². The van der Waals surface area contributed by atoms with Crippen LogP contribution in [0.5, 0.6) is 0 Å². The second-order valence-electron chi connectivity index (χ2n) is 4.55. The van der Waals surface area contributed by atoms with E-state index in [-0.39, 0.29) is 5.56 Å². The molecule has 0 atom stereocenters. The Hall–Kier alpha value is -1.19. The highest BCUT2D eigenvalue weighted by atomic mass is 19.4. The molecule has 0 aliphatic carbocycles. The lowest BCUT2D eigenvalue weighted by Gasteiger charge is -2.24. The Labute approximate surface area is 87.1 Å². The summed E-state index contributed by atoms with van der Waals surface area (Å²) in [4.78, 5) is 0. The smallest absolute Gasteiger partial charge is 0.399 e. The third-order valence-electron chi connectivity index (χ3n) is 2.16. The van der Waals surface area contributed by atoms with Crippen molar-refractivity contribution in [2.24, 2.45) is 0 Å². The first-order chi connectivity index (χ1) is 6.62. The van der Waals surface area contributed by atoms with Crippen molar-refractivity contribution in [2.45, 2.75) is 32.4 Å². The largest absolute Gasteiger partial charge is 0.416 e. The molecule has 2 N–H and O–H groups in total. The highest BCUT2D eigenvalue weighted by molar-refractivity contribution is 5.48. The summed E-state index contributed by atoms with van der Waals surface area (Å²) in [5, 5.41) is 0. The SMILES string of the molecule is CC(C)(C)c1cc(N)ccc1C(F)(F)F. The standard InChI is InChI=1S/C11H14F3N/c1-10(2,3)9-6-7(15)4-5-8(9)11(12,13)14/h4-6H,15H2,1-3H3. The van der Waals surface area contributed by atoms with Crippen molar-refractivity contribution in [3.63, 3.8) is 0 Å². The second kappa shape index (κ2) is 3.43. The molecule has 0 unspecified atom stereocenters. The average molecular weight is 217 g/mol. The number of nitrogen functional groups attached to an aromatic ring is 1. The molecule has 0 saturated carbocycles. The Bertz CT molecular complexity index is 361. The van der Waals surface area contributed by atoms with E-state index in [9.17, 15) is 13.2 Å². The predicted octanol–water partition coefficient (Wildman–Crippen LogP) is 3.59. The Morgan fingerprint density at radius 1 is 1.00 bits per heavy atom. The Morgan fingerprint density at radius 3 is 1.93 bits per heavy atom. The molecular formula is C11H14F3N. The molecule has 0 spiro atoms. The minimum absolute atomic E-state index is 0.231. The monoisotopic (exact) mass is 217 g/mol. The van der Waals surface area contributed by atoms with E-state index >= 15 is 0 Å². The predicted molar refractivity (Wildman–Crippen MR) is 54.6 cm³/mol. The first-order valence-corrected chi connectivity index (χ1v) is 4.59. The molecule has 0 saturated heterocycles. The molecule has 0 aliphatic heterocycles. The van der Waals surface area contributed by atoms with Gasteiger partial charge in [-0.05, 0) is 29.2 Å². The quantitative estimate of drug-likeness (QED) is 0.660. The van der Waals surface area contributed by atoms with Crippen molar-refractivity contribution in [1.82, 2.24) is 0 Å². The summed E-state index contributed by atoms with van der Waals surface area (Å²) in [6.45, 7) is 5.20. The minimum atomic E-state index is -4.32. The van der Waals surface area contributed by atoms with E-state index in [1.807, 2.05) is 0 Å². The van der Waals surface area contributed by atoms with Crippen LogP contribution in [0.25, 0.3) is 0 Å². The summed E-state index contributed by atoms with van der Waals surface area (Å²) in [5.74, 6) is 0. The molecule has 0 fully saturated rings. The summed E-state index contributed by atoms with van der Waals surface area (Å²) < 4.78 is 38.0. The third kappa shape index (κ3) is 2.64. The fourth-order valence-corrected chi connectivity index (χ4v) is 1.43. The maximum Gasteiger partial charge on any atom is 0.416 e. The number of nitrogens with two attached hydrogens (primary N) is 1. The van der Waals surface area contributed by atoms with E-state index in [0.717, 1.165) is 6.07 Å². The zero-order valence-corrected chi connectivity index (χ0v) is 8.94. The first-order valence-electron chi connectivity index (χ1n) is 4.59. The molecule has 1 rings (SSSR count). The van der Waals surface area contributed by atoms with Crippen LogP contribution < -0.4 is 5.73 Å². The van der Waals surface area contributed by atoms with Gasteiger partial charge in [0.2, 0.25) is 0 Å². The van der Waals surface area contributed by atoms with Crippen LogP contribution in [0.15, 0.2) is 18.2 Å². The summed E-state index contributed by atoms with van der Waals surface area (Å²) in [5.41, 5.74) is 4.91. The summed E-state index contributed by atoms with van der Waals surface area (Å²) >= 11 is 0. The minimum Gasteiger partial charge on any atom is -0.399 e. The number of anilines is 1. The molecule has 1 aromatic carbocycles. The van der Waals surface area contributed by atoms with Crippen LogP contribution in [-0.2, 0) is 11.6 Å². The van der Waals surface area contributed by atoms with E-state index in [1.165, 1.54) is 12.1 Å². The van der Waals surface area contributed by atoms with Gasteiger partial charge in [-0.3, -0.25) is 0 Å². The Balaban J connectivity index is 3.41. The van der Waals surface area contributed by atoms with Crippen LogP contribution in [0.4, 0.5) is 18.9 Å². The number of hydrogen-bond acceptors (Lipinski definition) is 1. The number of hydrogen-bond donors (Lipinski definition) is 1. The maximum atomic E-state index is 12.7. The van der Waals surface area contributed by atoms with Gasteiger partial charge in [-0.25, -0.2) is 0 Å². The summed E-state index contributed by atoms with van der Waals surface area (Å²) in [6, 6.07) is 3.71. The fraction of sp³-hybridized carbons (Fsp3) is 0.455. The van der Waals surface area contributed by atoms with Gasteiger partial charge in [0.05, 0.1) is 5.56 Å². The lowest BCUT2D eigenvalue weighted by atomic mass is 9.83. The number of benzene rings is 1. The molecule has 1 nitrogen and oxygen atoms in total. The normalized spacial score (nSPS) is 12.9. The van der Waals surface area contributed by atoms with Crippen molar-refractivity contribution in [3.05, 3.63) is 29.3 Å².